The number of carboxylic acid groups (broad SMARTS) is 1. The van der Waals surface area contributed by atoms with Crippen LogP contribution in [0.15, 0.2) is 24.3 Å². The molecule has 126 valence electrons. The predicted molar refractivity (Wildman–Crippen MR) is 82.3 cm³/mol. The van der Waals surface area contributed by atoms with Crippen LogP contribution < -0.4 is 5.32 Å². The van der Waals surface area contributed by atoms with Gasteiger partial charge in [-0.3, -0.25) is 0 Å². The molecule has 1 aromatic rings. The molecule has 0 spiro atoms. The highest BCUT2D eigenvalue weighted by Crippen LogP contribution is 2.10. The van der Waals surface area contributed by atoms with Crippen LogP contribution in [0.3, 0.4) is 0 Å². The fraction of sp³-hybridized carbons (Fsp3) is 0.438. The fourth-order valence-corrected chi connectivity index (χ4v) is 1.78. The maximum absolute atomic E-state index is 11.7. The Morgan fingerprint density at radius 2 is 1.74 bits per heavy atom. The molecule has 0 radical (unpaired) electrons. The van der Waals surface area contributed by atoms with Crippen LogP contribution in [0.2, 0.25) is 0 Å². The Balaban J connectivity index is 2.75. The van der Waals surface area contributed by atoms with Gasteiger partial charge in [0.25, 0.3) is 0 Å². The van der Waals surface area contributed by atoms with Gasteiger partial charge in [0.1, 0.15) is 11.6 Å². The highest BCUT2D eigenvalue weighted by atomic mass is 16.6. The van der Waals surface area contributed by atoms with Gasteiger partial charge in [0.05, 0.1) is 12.7 Å². The van der Waals surface area contributed by atoms with E-state index in [1.54, 1.807) is 32.9 Å². The second-order valence-corrected chi connectivity index (χ2v) is 5.93. The largest absolute Gasteiger partial charge is 0.480 e. The van der Waals surface area contributed by atoms with Crippen molar-refractivity contribution in [2.45, 2.75) is 38.8 Å². The maximum atomic E-state index is 11.7. The second-order valence-electron chi connectivity index (χ2n) is 5.93. The summed E-state index contributed by atoms with van der Waals surface area (Å²) in [6.07, 6.45) is -0.730. The van der Waals surface area contributed by atoms with Gasteiger partial charge in [-0.2, -0.15) is 0 Å². The van der Waals surface area contributed by atoms with Crippen LogP contribution in [-0.2, 0) is 20.7 Å². The van der Waals surface area contributed by atoms with E-state index in [-0.39, 0.29) is 6.42 Å². The minimum Gasteiger partial charge on any atom is -0.480 e. The van der Waals surface area contributed by atoms with Crippen molar-refractivity contribution in [2.75, 3.05) is 7.11 Å². The van der Waals surface area contributed by atoms with Crippen molar-refractivity contribution in [1.29, 1.82) is 0 Å². The van der Waals surface area contributed by atoms with Crippen LogP contribution >= 0.6 is 0 Å². The van der Waals surface area contributed by atoms with Gasteiger partial charge in [0.2, 0.25) is 0 Å². The summed E-state index contributed by atoms with van der Waals surface area (Å²) >= 11 is 0. The number of methoxy groups -OCH3 is 1. The molecule has 7 heteroatoms. The number of benzene rings is 1. The van der Waals surface area contributed by atoms with Crippen molar-refractivity contribution < 1.29 is 29.0 Å². The molecule has 0 bridgehead atoms. The minimum atomic E-state index is -1.17. The van der Waals surface area contributed by atoms with Crippen LogP contribution in [0.5, 0.6) is 0 Å². The molecule has 1 amide bonds. The summed E-state index contributed by atoms with van der Waals surface area (Å²) in [5, 5.41) is 11.5. The molecule has 0 fully saturated rings. The van der Waals surface area contributed by atoms with Crippen molar-refractivity contribution in [3.05, 3.63) is 35.4 Å². The van der Waals surface area contributed by atoms with Crippen molar-refractivity contribution in [1.82, 2.24) is 5.32 Å². The van der Waals surface area contributed by atoms with E-state index in [1.807, 2.05) is 0 Å². The zero-order chi connectivity index (χ0) is 17.6. The first kappa shape index (κ1) is 18.5. The molecule has 0 aromatic heterocycles. The molecule has 0 saturated carbocycles. The predicted octanol–water partition coefficient (Wildman–Crippen LogP) is 1.99. The van der Waals surface area contributed by atoms with Crippen LogP contribution in [0.4, 0.5) is 4.79 Å². The molecule has 0 unspecified atom stereocenters. The highest BCUT2D eigenvalue weighted by molar-refractivity contribution is 5.89. The van der Waals surface area contributed by atoms with Gasteiger partial charge in [-0.05, 0) is 38.5 Å². The van der Waals surface area contributed by atoms with E-state index in [9.17, 15) is 19.5 Å². The standard InChI is InChI=1S/C16H21NO6/c1-16(2,3)23-15(21)17-12(13(18)19)9-10-5-7-11(8-6-10)14(20)22-4/h5-8,12H,9H2,1-4H3,(H,17,21)(H,18,19)/t12-/m1/s1. The number of carbonyl (C=O) groups is 3. The molecule has 1 aromatic carbocycles. The first-order chi connectivity index (χ1) is 10.6. The summed E-state index contributed by atoms with van der Waals surface area (Å²) < 4.78 is 9.63. The fourth-order valence-electron chi connectivity index (χ4n) is 1.78. The Kier molecular flexibility index (Phi) is 6.12. The zero-order valence-corrected chi connectivity index (χ0v) is 13.6. The number of alkyl carbamates (subject to hydrolysis) is 1. The topological polar surface area (TPSA) is 102 Å². The van der Waals surface area contributed by atoms with Gasteiger partial charge in [0.15, 0.2) is 0 Å². The number of carbonyl (C=O) groups excluding carboxylic acids is 2. The number of aliphatic carboxylic acids is 1. The second kappa shape index (κ2) is 7.62. The number of nitrogens with one attached hydrogen (secondary N) is 1. The first-order valence-electron chi connectivity index (χ1n) is 7.02. The summed E-state index contributed by atoms with van der Waals surface area (Å²) in [6.45, 7) is 5.07. The van der Waals surface area contributed by atoms with E-state index >= 15 is 0 Å². The van der Waals surface area contributed by atoms with Gasteiger partial charge >= 0.3 is 18.0 Å². The Hall–Kier alpha value is -2.57. The minimum absolute atomic E-state index is 0.0655. The smallest absolute Gasteiger partial charge is 0.408 e. The van der Waals surface area contributed by atoms with Crippen LogP contribution in [0.1, 0.15) is 36.7 Å². The summed E-state index contributed by atoms with van der Waals surface area (Å²) in [5.74, 6) is -1.65. The lowest BCUT2D eigenvalue weighted by molar-refractivity contribution is -0.139. The molecular weight excluding hydrogens is 302 g/mol. The van der Waals surface area contributed by atoms with Crippen molar-refractivity contribution >= 4 is 18.0 Å². The SMILES string of the molecule is COC(=O)c1ccc(C[C@@H](NC(=O)OC(C)(C)C)C(=O)O)cc1. The maximum Gasteiger partial charge on any atom is 0.408 e. The molecule has 7 nitrogen and oxygen atoms in total. The third kappa shape index (κ3) is 6.37. The molecule has 0 heterocycles. The van der Waals surface area contributed by atoms with Crippen LogP contribution in [0, 0.1) is 0 Å². The number of ether oxygens (including phenoxy) is 2. The number of amides is 1. The molecular formula is C16H21NO6. The number of rotatable bonds is 5. The van der Waals surface area contributed by atoms with E-state index < -0.39 is 29.7 Å². The van der Waals surface area contributed by atoms with Crippen LogP contribution in [-0.4, -0.2) is 41.9 Å². The van der Waals surface area contributed by atoms with Crippen molar-refractivity contribution in [3.8, 4) is 0 Å². The number of carboxylic acids is 1. The Morgan fingerprint density at radius 1 is 1.17 bits per heavy atom. The summed E-state index contributed by atoms with van der Waals surface area (Å²) in [7, 11) is 1.28. The first-order valence-corrected chi connectivity index (χ1v) is 7.02. The molecule has 1 atom stereocenters. The molecule has 1 rings (SSSR count). The lowest BCUT2D eigenvalue weighted by Gasteiger charge is -2.22. The van der Waals surface area contributed by atoms with Crippen LogP contribution in [0.25, 0.3) is 0 Å². The van der Waals surface area contributed by atoms with E-state index in [2.05, 4.69) is 10.1 Å². The lowest BCUT2D eigenvalue weighted by Crippen LogP contribution is -2.44. The molecule has 0 aliphatic rings. The van der Waals surface area contributed by atoms with E-state index in [1.165, 1.54) is 19.2 Å². The monoisotopic (exact) mass is 323 g/mol. The average molecular weight is 323 g/mol. The van der Waals surface area contributed by atoms with Gasteiger partial charge < -0.3 is 19.9 Å². The van der Waals surface area contributed by atoms with Crippen molar-refractivity contribution in [2.24, 2.45) is 0 Å². The summed E-state index contributed by atoms with van der Waals surface area (Å²) in [6, 6.07) is 5.16. The molecule has 23 heavy (non-hydrogen) atoms. The van der Waals surface area contributed by atoms with Gasteiger partial charge in [-0.15, -0.1) is 0 Å². The normalized spacial score (nSPS) is 12.2. The Morgan fingerprint density at radius 3 is 2.17 bits per heavy atom. The number of hydrogen-bond donors (Lipinski definition) is 2. The number of esters is 1. The highest BCUT2D eigenvalue weighted by Gasteiger charge is 2.24. The lowest BCUT2D eigenvalue weighted by atomic mass is 10.0. The zero-order valence-electron chi connectivity index (χ0n) is 13.6. The Labute approximate surface area is 134 Å². The Bertz CT molecular complexity index is 573. The van der Waals surface area contributed by atoms with E-state index in [0.717, 1.165) is 0 Å². The van der Waals surface area contributed by atoms with Gasteiger partial charge in [-0.25, -0.2) is 14.4 Å². The number of hydrogen-bond acceptors (Lipinski definition) is 5. The van der Waals surface area contributed by atoms with Gasteiger partial charge in [-0.1, -0.05) is 12.1 Å². The average Bonchev–Trinajstić information content (AvgIpc) is 2.44. The third-order valence-corrected chi connectivity index (χ3v) is 2.80. The van der Waals surface area contributed by atoms with Gasteiger partial charge in [0, 0.05) is 6.42 Å². The summed E-state index contributed by atoms with van der Waals surface area (Å²) in [4.78, 5) is 34.3. The van der Waals surface area contributed by atoms with E-state index in [0.29, 0.717) is 11.1 Å². The molecule has 0 aliphatic heterocycles. The summed E-state index contributed by atoms with van der Waals surface area (Å²) in [5.41, 5.74) is 0.305. The van der Waals surface area contributed by atoms with Crippen molar-refractivity contribution in [3.63, 3.8) is 0 Å². The molecule has 0 aliphatic carbocycles. The van der Waals surface area contributed by atoms with E-state index in [4.69, 9.17) is 4.74 Å². The molecule has 0 saturated heterocycles. The quantitative estimate of drug-likeness (QED) is 0.804. The third-order valence-electron chi connectivity index (χ3n) is 2.80. The molecule has 2 N–H and O–H groups in total.